The summed E-state index contributed by atoms with van der Waals surface area (Å²) >= 11 is 0. The minimum Gasteiger partial charge on any atom is -0.394 e. The van der Waals surface area contributed by atoms with Crippen LogP contribution in [0, 0.1) is 6.92 Å². The van der Waals surface area contributed by atoms with Gasteiger partial charge in [0.15, 0.2) is 0 Å². The third kappa shape index (κ3) is 2.00. The molecule has 1 heterocycles. The summed E-state index contributed by atoms with van der Waals surface area (Å²) in [4.78, 5) is 0. The first-order valence-corrected chi connectivity index (χ1v) is 4.02. The fraction of sp³-hybridized carbons (Fsp3) is 0.875. The van der Waals surface area contributed by atoms with Gasteiger partial charge in [-0.15, -0.1) is 0 Å². The average molecular weight is 190 g/mol. The fourth-order valence-corrected chi connectivity index (χ4v) is 1.41. The lowest BCUT2D eigenvalue weighted by molar-refractivity contribution is -0.0856. The number of methoxy groups -OCH3 is 1. The molecule has 0 aromatic carbocycles. The first-order valence-electron chi connectivity index (χ1n) is 4.02. The topological polar surface area (TPSA) is 79.2 Å². The third-order valence-electron chi connectivity index (χ3n) is 2.15. The van der Waals surface area contributed by atoms with Crippen molar-refractivity contribution in [2.24, 2.45) is 0 Å². The van der Waals surface area contributed by atoms with E-state index in [2.05, 4.69) is 0 Å². The van der Waals surface area contributed by atoms with Gasteiger partial charge in [-0.2, -0.15) is 0 Å². The Balaban J connectivity index is 2.64. The molecule has 2 unspecified atom stereocenters. The van der Waals surface area contributed by atoms with E-state index in [4.69, 9.17) is 21.5 Å². The number of aliphatic hydroxyl groups excluding tert-OH is 3. The molecule has 1 fully saturated rings. The molecular weight excluding hydrogens is 176 g/mol. The molecule has 76 valence electrons. The van der Waals surface area contributed by atoms with E-state index in [0.29, 0.717) is 0 Å². The van der Waals surface area contributed by atoms with Gasteiger partial charge in [-0.25, -0.2) is 0 Å². The van der Waals surface area contributed by atoms with Gasteiger partial charge in [0.25, 0.3) is 0 Å². The summed E-state index contributed by atoms with van der Waals surface area (Å²) in [7, 11) is 1.38. The van der Waals surface area contributed by atoms with Crippen molar-refractivity contribution in [1.29, 1.82) is 0 Å². The lowest BCUT2D eigenvalue weighted by atomic mass is 10.0. The molecule has 2 radical (unpaired) electrons. The molecule has 0 bridgehead atoms. The Bertz CT molecular complexity index is 163. The zero-order valence-corrected chi connectivity index (χ0v) is 7.33. The van der Waals surface area contributed by atoms with E-state index >= 15 is 0 Å². The monoisotopic (exact) mass is 190 g/mol. The van der Waals surface area contributed by atoms with E-state index in [1.807, 2.05) is 0 Å². The summed E-state index contributed by atoms with van der Waals surface area (Å²) in [5, 5.41) is 27.4. The minimum absolute atomic E-state index is 0.454. The first kappa shape index (κ1) is 10.9. The molecular formula is C8H14O5. The van der Waals surface area contributed by atoms with Gasteiger partial charge in [-0.05, 0) is 6.92 Å². The zero-order valence-electron chi connectivity index (χ0n) is 7.33. The van der Waals surface area contributed by atoms with Gasteiger partial charge in [0.2, 0.25) is 0 Å². The van der Waals surface area contributed by atoms with Gasteiger partial charge in [0.1, 0.15) is 24.4 Å². The van der Waals surface area contributed by atoms with Crippen LogP contribution in [0.2, 0.25) is 0 Å². The van der Waals surface area contributed by atoms with Crippen molar-refractivity contribution >= 4 is 0 Å². The van der Waals surface area contributed by atoms with Crippen molar-refractivity contribution in [3.05, 3.63) is 6.92 Å². The Morgan fingerprint density at radius 3 is 2.69 bits per heavy atom. The summed E-state index contributed by atoms with van der Waals surface area (Å²) < 4.78 is 9.93. The van der Waals surface area contributed by atoms with Crippen LogP contribution in [0.25, 0.3) is 0 Å². The second-order valence-corrected chi connectivity index (χ2v) is 3.01. The van der Waals surface area contributed by atoms with Crippen LogP contribution < -0.4 is 0 Å². The summed E-state index contributed by atoms with van der Waals surface area (Å²) in [6.45, 7) is 4.93. The molecule has 1 aliphatic rings. The Morgan fingerprint density at radius 1 is 1.62 bits per heavy atom. The maximum atomic E-state index is 9.40. The molecule has 0 aromatic rings. The Kier molecular flexibility index (Phi) is 3.63. The van der Waals surface area contributed by atoms with Crippen LogP contribution in [0.5, 0.6) is 0 Å². The van der Waals surface area contributed by atoms with E-state index < -0.39 is 37.1 Å². The standard InChI is InChI=1S/C8H14O5/c1-4-6(11)8(12-2)7(13-4)5(10)3-9/h1,4-11H,3H2,2H3/t4-,5?,6?,7-,8+/m0/s1. The van der Waals surface area contributed by atoms with Gasteiger partial charge < -0.3 is 24.8 Å². The molecule has 0 aliphatic carbocycles. The molecule has 1 aliphatic heterocycles. The maximum Gasteiger partial charge on any atom is 0.115 e. The number of hydrogen-bond acceptors (Lipinski definition) is 5. The largest absolute Gasteiger partial charge is 0.394 e. The number of aliphatic hydroxyl groups is 3. The smallest absolute Gasteiger partial charge is 0.115 e. The van der Waals surface area contributed by atoms with Gasteiger partial charge in [0, 0.05) is 7.11 Å². The predicted molar refractivity (Wildman–Crippen MR) is 42.9 cm³/mol. The molecule has 0 saturated carbocycles. The summed E-state index contributed by atoms with van der Waals surface area (Å²) in [6, 6.07) is 0. The van der Waals surface area contributed by atoms with Gasteiger partial charge >= 0.3 is 0 Å². The zero-order chi connectivity index (χ0) is 10.0. The van der Waals surface area contributed by atoms with Crippen molar-refractivity contribution in [3.8, 4) is 0 Å². The highest BCUT2D eigenvalue weighted by Gasteiger charge is 2.44. The molecule has 1 rings (SSSR count). The highest BCUT2D eigenvalue weighted by atomic mass is 16.6. The van der Waals surface area contributed by atoms with Gasteiger partial charge in [0.05, 0.1) is 12.7 Å². The summed E-state index contributed by atoms with van der Waals surface area (Å²) in [5.74, 6) is 0. The van der Waals surface area contributed by atoms with Crippen molar-refractivity contribution in [3.63, 3.8) is 0 Å². The van der Waals surface area contributed by atoms with E-state index in [1.54, 1.807) is 0 Å². The fourth-order valence-electron chi connectivity index (χ4n) is 1.41. The average Bonchev–Trinajstić information content (AvgIpc) is 2.42. The second-order valence-electron chi connectivity index (χ2n) is 3.01. The Labute approximate surface area is 76.9 Å². The first-order chi connectivity index (χ1) is 6.11. The molecule has 5 heteroatoms. The van der Waals surface area contributed by atoms with Crippen LogP contribution >= 0.6 is 0 Å². The SMILES string of the molecule is [CH][C@@H]1O[C@@H](C(O)CO)[C@H](OC)C1O. The second kappa shape index (κ2) is 4.34. The molecule has 0 spiro atoms. The van der Waals surface area contributed by atoms with Crippen LogP contribution in [0.1, 0.15) is 0 Å². The van der Waals surface area contributed by atoms with Crippen LogP contribution in [-0.4, -0.2) is 59.6 Å². The summed E-state index contributed by atoms with van der Waals surface area (Å²) in [5.41, 5.74) is 0. The molecule has 5 atom stereocenters. The normalized spacial score (nSPS) is 42.2. The summed E-state index contributed by atoms with van der Waals surface area (Å²) in [6.07, 6.45) is -4.42. The lowest BCUT2D eigenvalue weighted by Gasteiger charge is -2.21. The Morgan fingerprint density at radius 2 is 2.23 bits per heavy atom. The van der Waals surface area contributed by atoms with Crippen molar-refractivity contribution in [2.45, 2.75) is 30.5 Å². The van der Waals surface area contributed by atoms with E-state index in [1.165, 1.54) is 7.11 Å². The molecule has 0 aromatic heterocycles. The molecule has 13 heavy (non-hydrogen) atoms. The van der Waals surface area contributed by atoms with Crippen LogP contribution in [0.4, 0.5) is 0 Å². The van der Waals surface area contributed by atoms with Gasteiger partial charge in [-0.1, -0.05) is 0 Å². The number of hydrogen-bond donors (Lipinski definition) is 3. The van der Waals surface area contributed by atoms with Crippen molar-refractivity contribution in [2.75, 3.05) is 13.7 Å². The number of rotatable bonds is 3. The van der Waals surface area contributed by atoms with E-state index in [9.17, 15) is 10.2 Å². The third-order valence-corrected chi connectivity index (χ3v) is 2.15. The van der Waals surface area contributed by atoms with Crippen LogP contribution in [0.15, 0.2) is 0 Å². The van der Waals surface area contributed by atoms with E-state index in [-0.39, 0.29) is 0 Å². The maximum absolute atomic E-state index is 9.40. The van der Waals surface area contributed by atoms with E-state index in [0.717, 1.165) is 0 Å². The molecule has 1 saturated heterocycles. The minimum atomic E-state index is -1.09. The van der Waals surface area contributed by atoms with Gasteiger partial charge in [-0.3, -0.25) is 0 Å². The lowest BCUT2D eigenvalue weighted by Crippen LogP contribution is -2.41. The van der Waals surface area contributed by atoms with Crippen LogP contribution in [-0.2, 0) is 9.47 Å². The van der Waals surface area contributed by atoms with Crippen molar-refractivity contribution in [1.82, 2.24) is 0 Å². The number of ether oxygens (including phenoxy) is 2. The highest BCUT2D eigenvalue weighted by molar-refractivity contribution is 4.95. The Hall–Kier alpha value is -0.200. The van der Waals surface area contributed by atoms with Crippen molar-refractivity contribution < 1.29 is 24.8 Å². The molecule has 5 nitrogen and oxygen atoms in total. The quantitative estimate of drug-likeness (QED) is 0.489. The van der Waals surface area contributed by atoms with Crippen LogP contribution in [0.3, 0.4) is 0 Å². The molecule has 0 amide bonds. The predicted octanol–water partition coefficient (Wildman–Crippen LogP) is -1.81. The highest BCUT2D eigenvalue weighted by Crippen LogP contribution is 2.25. The molecule has 3 N–H and O–H groups in total.